The number of rotatable bonds is 5. The van der Waals surface area contributed by atoms with Crippen molar-refractivity contribution in [3.8, 4) is 11.3 Å². The van der Waals surface area contributed by atoms with Gasteiger partial charge in [0.2, 0.25) is 0 Å². The third-order valence-electron chi connectivity index (χ3n) is 3.97. The van der Waals surface area contributed by atoms with Crippen LogP contribution in [-0.2, 0) is 13.6 Å². The molecule has 4 nitrogen and oxygen atoms in total. The maximum Gasteiger partial charge on any atom is 0.268 e. The summed E-state index contributed by atoms with van der Waals surface area (Å²) in [6.45, 7) is 0.487. The fraction of sp³-hybridized carbons (Fsp3) is 0.100. The summed E-state index contributed by atoms with van der Waals surface area (Å²) in [5.74, 6) is -0.126. The molecule has 24 heavy (non-hydrogen) atoms. The molecule has 0 bridgehead atoms. The molecule has 0 unspecified atom stereocenters. The molecule has 4 heteroatoms. The van der Waals surface area contributed by atoms with Crippen LogP contribution in [0.2, 0.25) is 0 Å². The van der Waals surface area contributed by atoms with Gasteiger partial charge in [-0.2, -0.15) is 0 Å². The molecule has 3 rings (SSSR count). The first-order valence-electron chi connectivity index (χ1n) is 7.72. The molecule has 120 valence electrons. The van der Waals surface area contributed by atoms with Crippen LogP contribution in [0.5, 0.6) is 0 Å². The minimum atomic E-state index is -0.126. The van der Waals surface area contributed by atoms with Crippen LogP contribution < -0.4 is 5.32 Å². The molecule has 0 saturated heterocycles. The lowest BCUT2D eigenvalue weighted by atomic mass is 10.1. The van der Waals surface area contributed by atoms with Crippen molar-refractivity contribution in [1.82, 2.24) is 9.88 Å². The summed E-state index contributed by atoms with van der Waals surface area (Å²) < 4.78 is 1.84. The molecular weight excluding hydrogens is 300 g/mol. The second-order valence-corrected chi connectivity index (χ2v) is 5.57. The van der Waals surface area contributed by atoms with Gasteiger partial charge >= 0.3 is 0 Å². The molecule has 2 aromatic carbocycles. The number of aldehydes is 1. The Balaban J connectivity index is 1.79. The Morgan fingerprint density at radius 2 is 1.83 bits per heavy atom. The highest BCUT2D eigenvalue weighted by atomic mass is 16.2. The van der Waals surface area contributed by atoms with E-state index in [2.05, 4.69) is 5.32 Å². The van der Waals surface area contributed by atoms with Crippen LogP contribution in [0.25, 0.3) is 11.3 Å². The van der Waals surface area contributed by atoms with E-state index in [9.17, 15) is 9.59 Å². The Hall–Kier alpha value is -3.14. The minimum absolute atomic E-state index is 0.126. The van der Waals surface area contributed by atoms with E-state index in [0.717, 1.165) is 23.1 Å². The molecule has 0 atom stereocenters. The van der Waals surface area contributed by atoms with Gasteiger partial charge < -0.3 is 9.88 Å². The first-order valence-corrected chi connectivity index (χ1v) is 7.72. The maximum absolute atomic E-state index is 12.4. The average Bonchev–Trinajstić information content (AvgIpc) is 3.02. The third-order valence-corrected chi connectivity index (χ3v) is 3.97. The highest BCUT2D eigenvalue weighted by Crippen LogP contribution is 2.22. The molecule has 1 N–H and O–H groups in total. The Morgan fingerprint density at radius 1 is 1.04 bits per heavy atom. The molecule has 1 amide bonds. The molecule has 0 fully saturated rings. The molecule has 0 aliphatic carbocycles. The normalized spacial score (nSPS) is 10.4. The largest absolute Gasteiger partial charge is 0.347 e. The molecular formula is C20H18N2O2. The zero-order valence-corrected chi connectivity index (χ0v) is 13.4. The fourth-order valence-electron chi connectivity index (χ4n) is 2.67. The number of amides is 1. The van der Waals surface area contributed by atoms with E-state index in [0.29, 0.717) is 17.8 Å². The first-order chi connectivity index (χ1) is 11.7. The van der Waals surface area contributed by atoms with Gasteiger partial charge in [-0.3, -0.25) is 9.59 Å². The van der Waals surface area contributed by atoms with Gasteiger partial charge in [0.1, 0.15) is 12.0 Å². The summed E-state index contributed by atoms with van der Waals surface area (Å²) in [6, 6.07) is 20.8. The summed E-state index contributed by atoms with van der Waals surface area (Å²) in [6.07, 6.45) is 0.819. The third kappa shape index (κ3) is 3.27. The molecule has 0 spiro atoms. The van der Waals surface area contributed by atoms with E-state index in [4.69, 9.17) is 0 Å². The number of carbonyl (C=O) groups is 2. The quantitative estimate of drug-likeness (QED) is 0.733. The SMILES string of the molecule is Cn1c(C(=O)NCc2ccccc2)ccc1-c1cccc(C=O)c1. The van der Waals surface area contributed by atoms with Crippen LogP contribution in [0.1, 0.15) is 26.4 Å². The topological polar surface area (TPSA) is 51.1 Å². The van der Waals surface area contributed by atoms with Crippen molar-refractivity contribution in [2.24, 2.45) is 7.05 Å². The van der Waals surface area contributed by atoms with E-state index < -0.39 is 0 Å². The summed E-state index contributed by atoms with van der Waals surface area (Å²) >= 11 is 0. The van der Waals surface area contributed by atoms with Crippen LogP contribution in [0.3, 0.4) is 0 Å². The number of nitrogens with zero attached hydrogens (tertiary/aromatic N) is 1. The number of nitrogens with one attached hydrogen (secondary N) is 1. The lowest BCUT2D eigenvalue weighted by Gasteiger charge is -2.09. The summed E-state index contributed by atoms with van der Waals surface area (Å²) in [4.78, 5) is 23.4. The van der Waals surface area contributed by atoms with Crippen LogP contribution in [-0.4, -0.2) is 16.8 Å². The molecule has 0 radical (unpaired) electrons. The second kappa shape index (κ2) is 6.96. The first kappa shape index (κ1) is 15.7. The van der Waals surface area contributed by atoms with Gasteiger partial charge in [0.25, 0.3) is 5.91 Å². The Kier molecular flexibility index (Phi) is 4.57. The van der Waals surface area contributed by atoms with Gasteiger partial charge in [-0.05, 0) is 29.3 Å². The summed E-state index contributed by atoms with van der Waals surface area (Å²) in [5, 5.41) is 2.93. The van der Waals surface area contributed by atoms with E-state index in [-0.39, 0.29) is 5.91 Å². The van der Waals surface area contributed by atoms with Crippen LogP contribution in [0.15, 0.2) is 66.7 Å². The van der Waals surface area contributed by atoms with E-state index in [1.165, 1.54) is 0 Å². The smallest absolute Gasteiger partial charge is 0.268 e. The van der Waals surface area contributed by atoms with Crippen molar-refractivity contribution in [3.63, 3.8) is 0 Å². The number of aromatic nitrogens is 1. The number of hydrogen-bond acceptors (Lipinski definition) is 2. The predicted molar refractivity (Wildman–Crippen MR) is 93.8 cm³/mol. The molecule has 1 heterocycles. The molecule has 1 aromatic heterocycles. The lowest BCUT2D eigenvalue weighted by molar-refractivity contribution is 0.0942. The Morgan fingerprint density at radius 3 is 2.58 bits per heavy atom. The molecule has 0 aliphatic heterocycles. The van der Waals surface area contributed by atoms with Crippen LogP contribution in [0.4, 0.5) is 0 Å². The van der Waals surface area contributed by atoms with E-state index in [1.807, 2.05) is 66.2 Å². The van der Waals surface area contributed by atoms with Crippen LogP contribution >= 0.6 is 0 Å². The van der Waals surface area contributed by atoms with Gasteiger partial charge in [0.05, 0.1) is 0 Å². The van der Waals surface area contributed by atoms with Crippen molar-refractivity contribution in [2.45, 2.75) is 6.54 Å². The fourth-order valence-corrected chi connectivity index (χ4v) is 2.67. The standard InChI is InChI=1S/C20H18N2O2/c1-22-18(17-9-5-8-16(12-17)14-23)10-11-19(22)20(24)21-13-15-6-3-2-4-7-15/h2-12,14H,13H2,1H3,(H,21,24). The van der Waals surface area contributed by atoms with E-state index >= 15 is 0 Å². The lowest BCUT2D eigenvalue weighted by Crippen LogP contribution is -2.24. The number of hydrogen-bond donors (Lipinski definition) is 1. The van der Waals surface area contributed by atoms with Gasteiger partial charge in [-0.25, -0.2) is 0 Å². The Labute approximate surface area is 140 Å². The van der Waals surface area contributed by atoms with Crippen molar-refractivity contribution < 1.29 is 9.59 Å². The number of benzene rings is 2. The monoisotopic (exact) mass is 318 g/mol. The molecule has 3 aromatic rings. The summed E-state index contributed by atoms with van der Waals surface area (Å²) in [5.41, 5.74) is 4.05. The van der Waals surface area contributed by atoms with Gasteiger partial charge in [0.15, 0.2) is 0 Å². The van der Waals surface area contributed by atoms with Crippen molar-refractivity contribution in [2.75, 3.05) is 0 Å². The zero-order valence-electron chi connectivity index (χ0n) is 13.4. The molecule has 0 saturated carbocycles. The maximum atomic E-state index is 12.4. The van der Waals surface area contributed by atoms with Gasteiger partial charge in [-0.1, -0.05) is 48.5 Å². The van der Waals surface area contributed by atoms with Crippen molar-refractivity contribution in [3.05, 3.63) is 83.6 Å². The van der Waals surface area contributed by atoms with E-state index in [1.54, 1.807) is 12.1 Å². The van der Waals surface area contributed by atoms with Crippen molar-refractivity contribution in [1.29, 1.82) is 0 Å². The highest BCUT2D eigenvalue weighted by molar-refractivity contribution is 5.94. The summed E-state index contributed by atoms with van der Waals surface area (Å²) in [7, 11) is 1.85. The molecule has 0 aliphatic rings. The Bertz CT molecular complexity index is 866. The zero-order chi connectivity index (χ0) is 16.9. The van der Waals surface area contributed by atoms with Gasteiger partial charge in [0, 0.05) is 24.8 Å². The second-order valence-electron chi connectivity index (χ2n) is 5.57. The van der Waals surface area contributed by atoms with Gasteiger partial charge in [-0.15, -0.1) is 0 Å². The van der Waals surface area contributed by atoms with Crippen molar-refractivity contribution >= 4 is 12.2 Å². The van der Waals surface area contributed by atoms with Crippen LogP contribution in [0, 0.1) is 0 Å². The average molecular weight is 318 g/mol. The number of carbonyl (C=O) groups excluding carboxylic acids is 2. The minimum Gasteiger partial charge on any atom is -0.347 e. The highest BCUT2D eigenvalue weighted by Gasteiger charge is 2.13. The predicted octanol–water partition coefficient (Wildman–Crippen LogP) is 3.43.